The Morgan fingerprint density at radius 3 is 2.30 bits per heavy atom. The summed E-state index contributed by atoms with van der Waals surface area (Å²) in [6.45, 7) is 5.89. The Balaban J connectivity index is 1.82. The summed E-state index contributed by atoms with van der Waals surface area (Å²) in [5.41, 5.74) is -2.62. The number of aromatic nitrogens is 4. The lowest BCUT2D eigenvalue weighted by molar-refractivity contribution is 0.0725. The molecule has 206 valence electrons. The molecule has 1 N–H and O–H groups in total. The third-order valence-corrected chi connectivity index (χ3v) is 6.59. The van der Waals surface area contributed by atoms with Crippen molar-refractivity contribution in [1.82, 2.24) is 19.1 Å². The van der Waals surface area contributed by atoms with E-state index in [0.717, 1.165) is 16.8 Å². The molecule has 0 aromatic carbocycles. The monoisotopic (exact) mass is 570 g/mol. The molecule has 4 aromatic rings. The number of hydrogen-bond donors (Lipinski definition) is 1. The molecule has 0 atom stereocenters. The maximum Gasteiger partial charge on any atom is 0.277 e. The van der Waals surface area contributed by atoms with Gasteiger partial charge in [0.1, 0.15) is 39.7 Å². The van der Waals surface area contributed by atoms with E-state index in [1.807, 2.05) is 0 Å². The number of hydrogen-bond acceptors (Lipinski definition) is 6. The molecule has 0 unspecified atom stereocenters. The summed E-state index contributed by atoms with van der Waals surface area (Å²) >= 11 is 6.43. The average Bonchev–Trinajstić information content (AvgIpc) is 2.82. The Kier molecular flexibility index (Phi) is 7.50. The van der Waals surface area contributed by atoms with E-state index < -0.39 is 45.1 Å². The van der Waals surface area contributed by atoms with Gasteiger partial charge in [-0.3, -0.25) is 23.7 Å². The smallest absolute Gasteiger partial charge is 0.277 e. The highest BCUT2D eigenvalue weighted by atomic mass is 35.5. The highest BCUT2D eigenvalue weighted by Gasteiger charge is 2.30. The first-order valence-corrected chi connectivity index (χ1v) is 12.4. The maximum atomic E-state index is 14.4. The van der Waals surface area contributed by atoms with Crippen LogP contribution in [-0.4, -0.2) is 39.9 Å². The molecule has 4 rings (SSSR count). The van der Waals surface area contributed by atoms with Crippen molar-refractivity contribution in [3.05, 3.63) is 109 Å². The van der Waals surface area contributed by atoms with E-state index >= 15 is 0 Å². The Morgan fingerprint density at radius 1 is 1.00 bits per heavy atom. The SMILES string of the molecule is BC(B)(Oc1cc(C)n(-c2cc(-n3ccc(F)c(C(C)(C)O)c3=O)ncc2C)c(=O)c1Cl)c1ncc(F)cc1F. The Labute approximate surface area is 233 Å². The first-order chi connectivity index (χ1) is 18.5. The van der Waals surface area contributed by atoms with Crippen LogP contribution in [0.1, 0.15) is 36.4 Å². The minimum absolute atomic E-state index is 0.0487. The number of pyridine rings is 4. The molecule has 0 saturated heterocycles. The van der Waals surface area contributed by atoms with Crippen molar-refractivity contribution >= 4 is 27.3 Å². The highest BCUT2D eigenvalue weighted by Crippen LogP contribution is 2.30. The number of ether oxygens (including phenoxy) is 1. The maximum absolute atomic E-state index is 14.4. The van der Waals surface area contributed by atoms with Gasteiger partial charge in [0, 0.05) is 36.3 Å². The van der Waals surface area contributed by atoms with Crippen LogP contribution in [0.25, 0.3) is 11.5 Å². The van der Waals surface area contributed by atoms with Gasteiger partial charge in [0.15, 0.2) is 15.7 Å². The molecule has 0 fully saturated rings. The van der Waals surface area contributed by atoms with Gasteiger partial charge in [-0.15, -0.1) is 0 Å². The largest absolute Gasteiger partial charge is 0.498 e. The van der Waals surface area contributed by atoms with Gasteiger partial charge in [-0.05, 0) is 39.3 Å². The molecule has 0 aliphatic heterocycles. The molecular formula is C26H24B2ClF3N4O4. The molecule has 0 bridgehead atoms. The number of aliphatic hydroxyl groups is 1. The molecule has 0 radical (unpaired) electrons. The Morgan fingerprint density at radius 2 is 1.68 bits per heavy atom. The second kappa shape index (κ2) is 10.3. The van der Waals surface area contributed by atoms with Crippen LogP contribution in [-0.2, 0) is 11.0 Å². The van der Waals surface area contributed by atoms with Crippen molar-refractivity contribution < 1.29 is 23.0 Å². The molecule has 8 nitrogen and oxygen atoms in total. The van der Waals surface area contributed by atoms with E-state index in [2.05, 4.69) is 9.97 Å². The average molecular weight is 571 g/mol. The summed E-state index contributed by atoms with van der Waals surface area (Å²) in [7, 11) is 2.99. The van der Waals surface area contributed by atoms with Gasteiger partial charge < -0.3 is 9.84 Å². The van der Waals surface area contributed by atoms with Crippen LogP contribution in [0.3, 0.4) is 0 Å². The third-order valence-electron chi connectivity index (χ3n) is 6.24. The third kappa shape index (κ3) is 5.31. The zero-order valence-electron chi connectivity index (χ0n) is 22.5. The van der Waals surface area contributed by atoms with E-state index in [1.165, 1.54) is 58.6 Å². The van der Waals surface area contributed by atoms with Gasteiger partial charge in [0.2, 0.25) is 0 Å². The minimum atomic E-state index is -1.76. The lowest BCUT2D eigenvalue weighted by Crippen LogP contribution is -2.37. The van der Waals surface area contributed by atoms with Gasteiger partial charge in [-0.1, -0.05) is 11.6 Å². The highest BCUT2D eigenvalue weighted by molar-refractivity contribution is 6.39. The molecule has 0 spiro atoms. The van der Waals surface area contributed by atoms with Crippen LogP contribution in [0.15, 0.2) is 52.4 Å². The zero-order chi connectivity index (χ0) is 29.7. The zero-order valence-corrected chi connectivity index (χ0v) is 23.3. The summed E-state index contributed by atoms with van der Waals surface area (Å²) in [6.07, 6.45) is 3.47. The van der Waals surface area contributed by atoms with E-state index in [-0.39, 0.29) is 22.3 Å². The van der Waals surface area contributed by atoms with Crippen LogP contribution >= 0.6 is 11.6 Å². The predicted molar refractivity (Wildman–Crippen MR) is 149 cm³/mol. The molecule has 4 heterocycles. The van der Waals surface area contributed by atoms with Gasteiger partial charge >= 0.3 is 0 Å². The number of aryl methyl sites for hydroxylation is 2. The molecule has 0 aliphatic carbocycles. The topological polar surface area (TPSA) is 99.2 Å². The molecule has 0 aliphatic rings. The molecule has 14 heteroatoms. The summed E-state index contributed by atoms with van der Waals surface area (Å²) in [5.74, 6) is -2.62. The number of rotatable bonds is 6. The Bertz CT molecular complexity index is 1770. The summed E-state index contributed by atoms with van der Waals surface area (Å²) in [4.78, 5) is 34.6. The van der Waals surface area contributed by atoms with Crippen molar-refractivity contribution in [3.8, 4) is 17.3 Å². The van der Waals surface area contributed by atoms with E-state index in [0.29, 0.717) is 23.0 Å². The molecule has 0 amide bonds. The number of nitrogens with zero attached hydrogens (tertiary/aromatic N) is 4. The van der Waals surface area contributed by atoms with Crippen molar-refractivity contribution in [1.29, 1.82) is 0 Å². The lowest BCUT2D eigenvalue weighted by Gasteiger charge is -2.28. The Hall–Kier alpha value is -3.83. The minimum Gasteiger partial charge on any atom is -0.498 e. The fourth-order valence-corrected chi connectivity index (χ4v) is 4.54. The fourth-order valence-electron chi connectivity index (χ4n) is 4.36. The first-order valence-electron chi connectivity index (χ1n) is 12.1. The van der Waals surface area contributed by atoms with Gasteiger partial charge in [0.25, 0.3) is 11.1 Å². The van der Waals surface area contributed by atoms with Crippen molar-refractivity contribution in [3.63, 3.8) is 0 Å². The summed E-state index contributed by atoms with van der Waals surface area (Å²) in [5, 5.41) is 8.58. The van der Waals surface area contributed by atoms with Crippen LogP contribution in [0, 0.1) is 31.3 Å². The molecule has 4 aromatic heterocycles. The summed E-state index contributed by atoms with van der Waals surface area (Å²) < 4.78 is 50.4. The molecule has 0 saturated carbocycles. The van der Waals surface area contributed by atoms with Crippen LogP contribution in [0.5, 0.6) is 5.75 Å². The van der Waals surface area contributed by atoms with E-state index in [1.54, 1.807) is 13.8 Å². The fraction of sp³-hybridized carbons (Fsp3) is 0.231. The second-order valence-corrected chi connectivity index (χ2v) is 10.7. The first kappa shape index (κ1) is 29.2. The summed E-state index contributed by atoms with van der Waals surface area (Å²) in [6, 6.07) is 4.65. The normalized spacial score (nSPS) is 12.0. The second-order valence-electron chi connectivity index (χ2n) is 10.3. The molecule has 40 heavy (non-hydrogen) atoms. The van der Waals surface area contributed by atoms with Gasteiger partial charge in [-0.2, -0.15) is 0 Å². The van der Waals surface area contributed by atoms with Crippen LogP contribution in [0.2, 0.25) is 5.02 Å². The van der Waals surface area contributed by atoms with Crippen molar-refractivity contribution in [2.24, 2.45) is 0 Å². The van der Waals surface area contributed by atoms with Gasteiger partial charge in [0.05, 0.1) is 28.4 Å². The van der Waals surface area contributed by atoms with E-state index in [9.17, 15) is 27.9 Å². The lowest BCUT2D eigenvalue weighted by atomic mass is 9.62. The van der Waals surface area contributed by atoms with Gasteiger partial charge in [-0.25, -0.2) is 18.2 Å². The standard InChI is InChI=1S/C26H24B2ClF3N4O4/c1-12-10-33-19(35-6-5-15(31)20(23(35)37)25(3,4)39)9-17(12)36-13(2)7-18(21(29)24(36)38)40-26(27,28)22-16(32)8-14(30)11-34-22/h5-11,39H,27-28H2,1-4H3. The van der Waals surface area contributed by atoms with Crippen molar-refractivity contribution in [2.45, 2.75) is 38.7 Å². The predicted octanol–water partition coefficient (Wildman–Crippen LogP) is 2.15. The van der Waals surface area contributed by atoms with E-state index in [4.69, 9.17) is 16.3 Å². The van der Waals surface area contributed by atoms with Crippen LogP contribution < -0.4 is 15.9 Å². The van der Waals surface area contributed by atoms with Crippen LogP contribution in [0.4, 0.5) is 13.2 Å². The molecular weight excluding hydrogens is 546 g/mol. The quantitative estimate of drug-likeness (QED) is 0.357. The van der Waals surface area contributed by atoms with Crippen molar-refractivity contribution in [2.75, 3.05) is 0 Å². The number of halogens is 4.